The third-order valence-corrected chi connectivity index (χ3v) is 2.53. The van der Waals surface area contributed by atoms with Crippen molar-refractivity contribution in [3.63, 3.8) is 0 Å². The molecule has 0 aliphatic carbocycles. The predicted molar refractivity (Wildman–Crippen MR) is 65.0 cm³/mol. The molecular formula is C13H9FN4. The summed E-state index contributed by atoms with van der Waals surface area (Å²) in [4.78, 5) is 8.59. The first-order chi connectivity index (χ1) is 8.83. The molecule has 0 aliphatic heterocycles. The zero-order chi connectivity index (χ0) is 12.4. The first-order valence-corrected chi connectivity index (χ1v) is 5.42. The van der Waals surface area contributed by atoms with Crippen molar-refractivity contribution in [2.24, 2.45) is 0 Å². The second-order valence-electron chi connectivity index (χ2n) is 3.74. The Morgan fingerprint density at radius 3 is 2.50 bits per heavy atom. The van der Waals surface area contributed by atoms with E-state index < -0.39 is 0 Å². The third kappa shape index (κ3) is 1.98. The van der Waals surface area contributed by atoms with Crippen LogP contribution < -0.4 is 0 Å². The van der Waals surface area contributed by atoms with Crippen LogP contribution in [0.2, 0.25) is 0 Å². The van der Waals surface area contributed by atoms with E-state index in [4.69, 9.17) is 0 Å². The van der Waals surface area contributed by atoms with Crippen LogP contribution in [0.15, 0.2) is 48.8 Å². The lowest BCUT2D eigenvalue weighted by atomic mass is 10.2. The van der Waals surface area contributed by atoms with Crippen molar-refractivity contribution < 1.29 is 4.39 Å². The van der Waals surface area contributed by atoms with Crippen LogP contribution in [0.1, 0.15) is 0 Å². The maximum absolute atomic E-state index is 12.9. The van der Waals surface area contributed by atoms with Gasteiger partial charge in [0.05, 0.1) is 11.4 Å². The highest BCUT2D eigenvalue weighted by Crippen LogP contribution is 2.19. The van der Waals surface area contributed by atoms with Gasteiger partial charge < -0.3 is 0 Å². The molecule has 1 N–H and O–H groups in total. The Labute approximate surface area is 103 Å². The zero-order valence-corrected chi connectivity index (χ0v) is 9.34. The number of hydrogen-bond donors (Lipinski definition) is 1. The van der Waals surface area contributed by atoms with Crippen LogP contribution in [0.25, 0.3) is 22.8 Å². The van der Waals surface area contributed by atoms with Gasteiger partial charge in [0, 0.05) is 18.0 Å². The van der Waals surface area contributed by atoms with E-state index in [9.17, 15) is 4.39 Å². The molecule has 0 atom stereocenters. The highest BCUT2D eigenvalue weighted by atomic mass is 19.1. The van der Waals surface area contributed by atoms with Crippen LogP contribution in [0, 0.1) is 5.82 Å². The lowest BCUT2D eigenvalue weighted by molar-refractivity contribution is 0.628. The molecule has 18 heavy (non-hydrogen) atoms. The molecule has 0 aliphatic rings. The first-order valence-electron chi connectivity index (χ1n) is 5.42. The number of aromatic nitrogens is 4. The highest BCUT2D eigenvalue weighted by Gasteiger charge is 2.05. The fourth-order valence-electron chi connectivity index (χ4n) is 1.65. The average molecular weight is 240 g/mol. The first kappa shape index (κ1) is 10.6. The molecule has 0 radical (unpaired) electrons. The van der Waals surface area contributed by atoms with Crippen LogP contribution >= 0.6 is 0 Å². The molecule has 4 nitrogen and oxygen atoms in total. The lowest BCUT2D eigenvalue weighted by Gasteiger charge is -2.02. The van der Waals surface area contributed by atoms with Crippen molar-refractivity contribution in [1.82, 2.24) is 20.2 Å². The summed E-state index contributed by atoms with van der Waals surface area (Å²) in [6, 6.07) is 9.71. The number of benzene rings is 1. The van der Waals surface area contributed by atoms with Gasteiger partial charge in [-0.3, -0.25) is 5.10 Å². The van der Waals surface area contributed by atoms with Crippen LogP contribution in [0.4, 0.5) is 4.39 Å². The van der Waals surface area contributed by atoms with Gasteiger partial charge in [0.1, 0.15) is 5.82 Å². The Balaban J connectivity index is 2.03. The second kappa shape index (κ2) is 4.37. The number of halogens is 1. The van der Waals surface area contributed by atoms with Crippen molar-refractivity contribution in [1.29, 1.82) is 0 Å². The summed E-state index contributed by atoms with van der Waals surface area (Å²) < 4.78 is 12.9. The largest absolute Gasteiger partial charge is 0.276 e. The van der Waals surface area contributed by atoms with Gasteiger partial charge >= 0.3 is 0 Å². The van der Waals surface area contributed by atoms with Crippen molar-refractivity contribution >= 4 is 0 Å². The van der Waals surface area contributed by atoms with Crippen LogP contribution in [0.3, 0.4) is 0 Å². The maximum Gasteiger partial charge on any atom is 0.159 e. The Kier molecular flexibility index (Phi) is 2.57. The molecule has 0 saturated carbocycles. The molecule has 0 bridgehead atoms. The number of nitrogens with zero attached hydrogens (tertiary/aromatic N) is 3. The Hall–Kier alpha value is -2.56. The van der Waals surface area contributed by atoms with Crippen LogP contribution in [-0.2, 0) is 0 Å². The van der Waals surface area contributed by atoms with E-state index >= 15 is 0 Å². The van der Waals surface area contributed by atoms with E-state index in [1.54, 1.807) is 30.6 Å². The molecule has 1 aromatic carbocycles. The molecule has 88 valence electrons. The summed E-state index contributed by atoms with van der Waals surface area (Å²) in [5, 5.41) is 6.72. The summed E-state index contributed by atoms with van der Waals surface area (Å²) in [6.45, 7) is 0. The molecule has 2 heterocycles. The molecule has 0 spiro atoms. The zero-order valence-electron chi connectivity index (χ0n) is 9.34. The van der Waals surface area contributed by atoms with Gasteiger partial charge in [-0.2, -0.15) is 5.10 Å². The summed E-state index contributed by atoms with van der Waals surface area (Å²) >= 11 is 0. The van der Waals surface area contributed by atoms with Crippen LogP contribution in [0.5, 0.6) is 0 Å². The topological polar surface area (TPSA) is 54.5 Å². The van der Waals surface area contributed by atoms with Crippen molar-refractivity contribution in [2.75, 3.05) is 0 Å². The number of aromatic amines is 1. The molecule has 2 aromatic heterocycles. The Bertz CT molecular complexity index is 647. The monoisotopic (exact) mass is 240 g/mol. The normalized spacial score (nSPS) is 10.5. The second-order valence-corrected chi connectivity index (χ2v) is 3.74. The van der Waals surface area contributed by atoms with E-state index in [0.717, 1.165) is 17.0 Å². The van der Waals surface area contributed by atoms with Crippen molar-refractivity contribution in [3.8, 4) is 22.8 Å². The summed E-state index contributed by atoms with van der Waals surface area (Å²) in [6.07, 6.45) is 3.33. The highest BCUT2D eigenvalue weighted by molar-refractivity contribution is 5.60. The molecule has 0 amide bonds. The number of nitrogens with one attached hydrogen (secondary N) is 1. The minimum absolute atomic E-state index is 0.275. The quantitative estimate of drug-likeness (QED) is 0.749. The maximum atomic E-state index is 12.9. The van der Waals surface area contributed by atoms with E-state index in [1.807, 2.05) is 6.07 Å². The molecular weight excluding hydrogens is 231 g/mol. The summed E-state index contributed by atoms with van der Waals surface area (Å²) in [5.41, 5.74) is 2.35. The standard InChI is InChI=1S/C13H9FN4/c14-10-3-1-9(2-4-10)13-15-7-5-11(17-13)12-6-8-16-18-12/h1-8H,(H,16,18). The van der Waals surface area contributed by atoms with Gasteiger partial charge in [0.25, 0.3) is 0 Å². The van der Waals surface area contributed by atoms with E-state index in [0.29, 0.717) is 5.82 Å². The number of rotatable bonds is 2. The molecule has 3 rings (SSSR count). The van der Waals surface area contributed by atoms with Crippen molar-refractivity contribution in [3.05, 3.63) is 54.6 Å². The summed E-state index contributed by atoms with van der Waals surface area (Å²) in [7, 11) is 0. The third-order valence-electron chi connectivity index (χ3n) is 2.53. The van der Waals surface area contributed by atoms with Crippen molar-refractivity contribution in [2.45, 2.75) is 0 Å². The number of H-pyrrole nitrogens is 1. The van der Waals surface area contributed by atoms with Crippen LogP contribution in [-0.4, -0.2) is 20.2 Å². The molecule has 0 fully saturated rings. The van der Waals surface area contributed by atoms with E-state index in [-0.39, 0.29) is 5.82 Å². The van der Waals surface area contributed by atoms with Gasteiger partial charge in [-0.25, -0.2) is 14.4 Å². The predicted octanol–water partition coefficient (Wildman–Crippen LogP) is 2.67. The van der Waals surface area contributed by atoms with E-state index in [1.165, 1.54) is 12.1 Å². The Morgan fingerprint density at radius 2 is 1.78 bits per heavy atom. The lowest BCUT2D eigenvalue weighted by Crippen LogP contribution is -1.91. The molecule has 0 saturated heterocycles. The fraction of sp³-hybridized carbons (Fsp3) is 0. The van der Waals surface area contributed by atoms with Gasteiger partial charge in [0.2, 0.25) is 0 Å². The Morgan fingerprint density at radius 1 is 0.944 bits per heavy atom. The molecule has 3 aromatic rings. The van der Waals surface area contributed by atoms with Gasteiger partial charge in [-0.15, -0.1) is 0 Å². The average Bonchev–Trinajstić information content (AvgIpc) is 2.94. The molecule has 5 heteroatoms. The minimum Gasteiger partial charge on any atom is -0.276 e. The molecule has 0 unspecified atom stereocenters. The number of hydrogen-bond acceptors (Lipinski definition) is 3. The summed E-state index contributed by atoms with van der Waals surface area (Å²) in [5.74, 6) is 0.283. The minimum atomic E-state index is -0.275. The van der Waals surface area contributed by atoms with Gasteiger partial charge in [-0.1, -0.05) is 0 Å². The van der Waals surface area contributed by atoms with Gasteiger partial charge in [0.15, 0.2) is 5.82 Å². The van der Waals surface area contributed by atoms with E-state index in [2.05, 4.69) is 20.2 Å². The fourth-order valence-corrected chi connectivity index (χ4v) is 1.65. The smallest absolute Gasteiger partial charge is 0.159 e. The SMILES string of the molecule is Fc1ccc(-c2nccc(-c3ccn[nH]3)n2)cc1. The van der Waals surface area contributed by atoms with Gasteiger partial charge in [-0.05, 0) is 36.4 Å².